The fourth-order valence-electron chi connectivity index (χ4n) is 4.07. The Labute approximate surface area is 121 Å². The smallest absolute Gasteiger partial charge is 0.306 e. The molecule has 3 rings (SSSR count). The fraction of sp³-hybridized carbons (Fsp3) is 0.938. The number of likely N-dealkylation sites (tertiary alicyclic amines) is 1. The normalized spacial score (nSPS) is 39.0. The van der Waals surface area contributed by atoms with Crippen LogP contribution in [0, 0.1) is 11.8 Å². The molecule has 2 saturated carbocycles. The number of carbonyl (C=O) groups is 1. The lowest BCUT2D eigenvalue weighted by Gasteiger charge is -2.27. The molecular weight excluding hydrogens is 252 g/mol. The summed E-state index contributed by atoms with van der Waals surface area (Å²) in [5, 5.41) is 12.8. The van der Waals surface area contributed by atoms with Crippen molar-refractivity contribution in [1.82, 2.24) is 10.2 Å². The van der Waals surface area contributed by atoms with E-state index in [1.165, 1.54) is 25.8 Å². The Kier molecular flexibility index (Phi) is 4.32. The van der Waals surface area contributed by atoms with E-state index in [9.17, 15) is 4.79 Å². The average Bonchev–Trinajstić information content (AvgIpc) is 3.21. The number of aliphatic carboxylic acids is 1. The highest BCUT2D eigenvalue weighted by Crippen LogP contribution is 2.33. The van der Waals surface area contributed by atoms with Gasteiger partial charge in [-0.25, -0.2) is 0 Å². The minimum absolute atomic E-state index is 0.0805. The SMILES string of the molecule is CC1CC(NCC2CCC(C(=O)O)CC2)CN1C1CC1. The van der Waals surface area contributed by atoms with Crippen LogP contribution in [0.15, 0.2) is 0 Å². The van der Waals surface area contributed by atoms with E-state index in [0.717, 1.165) is 44.3 Å². The fourth-order valence-corrected chi connectivity index (χ4v) is 4.07. The minimum atomic E-state index is -0.596. The second-order valence-electron chi connectivity index (χ2n) is 7.17. The molecule has 3 aliphatic rings. The summed E-state index contributed by atoms with van der Waals surface area (Å²) < 4.78 is 0. The third-order valence-electron chi connectivity index (χ3n) is 5.53. The van der Waals surface area contributed by atoms with Crippen LogP contribution in [0.4, 0.5) is 0 Å². The van der Waals surface area contributed by atoms with Gasteiger partial charge in [-0.2, -0.15) is 0 Å². The first kappa shape index (κ1) is 14.3. The summed E-state index contributed by atoms with van der Waals surface area (Å²) in [6.45, 7) is 4.66. The van der Waals surface area contributed by atoms with Gasteiger partial charge in [0, 0.05) is 24.7 Å². The highest BCUT2D eigenvalue weighted by molar-refractivity contribution is 5.69. The molecular formula is C16H28N2O2. The van der Waals surface area contributed by atoms with E-state index >= 15 is 0 Å². The molecule has 2 N–H and O–H groups in total. The van der Waals surface area contributed by atoms with Crippen molar-refractivity contribution in [3.05, 3.63) is 0 Å². The van der Waals surface area contributed by atoms with E-state index in [2.05, 4.69) is 17.1 Å². The highest BCUT2D eigenvalue weighted by Gasteiger charge is 2.38. The van der Waals surface area contributed by atoms with Crippen LogP contribution in [0.2, 0.25) is 0 Å². The predicted molar refractivity (Wildman–Crippen MR) is 78.7 cm³/mol. The number of carboxylic acid groups (broad SMARTS) is 1. The Balaban J connectivity index is 1.37. The maximum Gasteiger partial charge on any atom is 0.306 e. The van der Waals surface area contributed by atoms with E-state index in [0.29, 0.717) is 12.0 Å². The van der Waals surface area contributed by atoms with E-state index < -0.39 is 5.97 Å². The van der Waals surface area contributed by atoms with Gasteiger partial charge < -0.3 is 10.4 Å². The monoisotopic (exact) mass is 280 g/mol. The summed E-state index contributed by atoms with van der Waals surface area (Å²) in [6.07, 6.45) is 7.98. The van der Waals surface area contributed by atoms with Crippen molar-refractivity contribution in [3.63, 3.8) is 0 Å². The van der Waals surface area contributed by atoms with Crippen LogP contribution in [-0.2, 0) is 4.79 Å². The maximum absolute atomic E-state index is 10.9. The zero-order valence-corrected chi connectivity index (χ0v) is 12.6. The summed E-state index contributed by atoms with van der Waals surface area (Å²) in [4.78, 5) is 13.6. The minimum Gasteiger partial charge on any atom is -0.481 e. The van der Waals surface area contributed by atoms with Crippen molar-refractivity contribution in [3.8, 4) is 0 Å². The molecule has 4 heteroatoms. The molecule has 3 fully saturated rings. The van der Waals surface area contributed by atoms with Crippen LogP contribution < -0.4 is 5.32 Å². The average molecular weight is 280 g/mol. The molecule has 1 heterocycles. The molecule has 1 aliphatic heterocycles. The molecule has 2 atom stereocenters. The Morgan fingerprint density at radius 3 is 2.50 bits per heavy atom. The first-order chi connectivity index (χ1) is 9.63. The third-order valence-corrected chi connectivity index (χ3v) is 5.53. The Hall–Kier alpha value is -0.610. The lowest BCUT2D eigenvalue weighted by atomic mass is 9.82. The molecule has 0 aromatic carbocycles. The van der Waals surface area contributed by atoms with Crippen LogP contribution in [-0.4, -0.2) is 47.2 Å². The van der Waals surface area contributed by atoms with E-state index in [4.69, 9.17) is 5.11 Å². The van der Waals surface area contributed by atoms with E-state index in [1.54, 1.807) is 0 Å². The van der Waals surface area contributed by atoms with Crippen molar-refractivity contribution in [2.45, 2.75) is 70.0 Å². The van der Waals surface area contributed by atoms with Gasteiger partial charge >= 0.3 is 5.97 Å². The Morgan fingerprint density at radius 2 is 1.90 bits per heavy atom. The number of carboxylic acids is 1. The summed E-state index contributed by atoms with van der Waals surface area (Å²) in [7, 11) is 0. The Morgan fingerprint density at radius 1 is 1.20 bits per heavy atom. The van der Waals surface area contributed by atoms with Crippen molar-refractivity contribution in [1.29, 1.82) is 0 Å². The van der Waals surface area contributed by atoms with Gasteiger partial charge in [-0.15, -0.1) is 0 Å². The standard InChI is InChI=1S/C16H28N2O2/c1-11-8-14(10-18(11)15-6-7-15)17-9-12-2-4-13(5-3-12)16(19)20/h11-15,17H,2-10H2,1H3,(H,19,20). The van der Waals surface area contributed by atoms with Crippen LogP contribution in [0.3, 0.4) is 0 Å². The van der Waals surface area contributed by atoms with Crippen molar-refractivity contribution in [2.75, 3.05) is 13.1 Å². The summed E-state index contributed by atoms with van der Waals surface area (Å²) in [5.74, 6) is 0.0140. The number of rotatable bonds is 5. The number of hydrogen-bond acceptors (Lipinski definition) is 3. The van der Waals surface area contributed by atoms with Gasteiger partial charge in [0.15, 0.2) is 0 Å². The number of nitrogens with zero attached hydrogens (tertiary/aromatic N) is 1. The first-order valence-corrected chi connectivity index (χ1v) is 8.35. The molecule has 0 spiro atoms. The number of hydrogen-bond donors (Lipinski definition) is 2. The summed E-state index contributed by atoms with van der Waals surface area (Å²) >= 11 is 0. The molecule has 0 aromatic rings. The molecule has 1 saturated heterocycles. The molecule has 0 bridgehead atoms. The van der Waals surface area contributed by atoms with Gasteiger partial charge in [-0.1, -0.05) is 0 Å². The zero-order valence-electron chi connectivity index (χ0n) is 12.6. The van der Waals surface area contributed by atoms with Crippen molar-refractivity contribution >= 4 is 5.97 Å². The molecule has 4 nitrogen and oxygen atoms in total. The quantitative estimate of drug-likeness (QED) is 0.810. The second kappa shape index (κ2) is 6.02. The summed E-state index contributed by atoms with van der Waals surface area (Å²) in [6, 6.07) is 2.27. The molecule has 0 aromatic heterocycles. The summed E-state index contributed by atoms with van der Waals surface area (Å²) in [5.41, 5.74) is 0. The van der Waals surface area contributed by atoms with Gasteiger partial charge in [-0.3, -0.25) is 9.69 Å². The molecule has 0 amide bonds. The lowest BCUT2D eigenvalue weighted by molar-refractivity contribution is -0.143. The van der Waals surface area contributed by atoms with Crippen LogP contribution in [0.1, 0.15) is 51.9 Å². The van der Waals surface area contributed by atoms with Crippen LogP contribution in [0.5, 0.6) is 0 Å². The second-order valence-corrected chi connectivity index (χ2v) is 7.17. The number of nitrogens with one attached hydrogen (secondary N) is 1. The first-order valence-electron chi connectivity index (χ1n) is 8.35. The van der Waals surface area contributed by atoms with Crippen LogP contribution in [0.25, 0.3) is 0 Å². The topological polar surface area (TPSA) is 52.6 Å². The third kappa shape index (κ3) is 3.34. The van der Waals surface area contributed by atoms with Crippen molar-refractivity contribution in [2.24, 2.45) is 11.8 Å². The Bertz CT molecular complexity index is 348. The zero-order chi connectivity index (χ0) is 14.1. The molecule has 20 heavy (non-hydrogen) atoms. The van der Waals surface area contributed by atoms with Crippen molar-refractivity contribution < 1.29 is 9.90 Å². The molecule has 0 radical (unpaired) electrons. The van der Waals surface area contributed by atoms with Crippen LogP contribution >= 0.6 is 0 Å². The van der Waals surface area contributed by atoms with Gasteiger partial charge in [-0.05, 0) is 64.3 Å². The highest BCUT2D eigenvalue weighted by atomic mass is 16.4. The predicted octanol–water partition coefficient (Wildman–Crippen LogP) is 2.09. The largest absolute Gasteiger partial charge is 0.481 e. The van der Waals surface area contributed by atoms with Gasteiger partial charge in [0.05, 0.1) is 5.92 Å². The lowest BCUT2D eigenvalue weighted by Crippen LogP contribution is -2.37. The van der Waals surface area contributed by atoms with E-state index in [-0.39, 0.29) is 5.92 Å². The molecule has 114 valence electrons. The van der Waals surface area contributed by atoms with Gasteiger partial charge in [0.1, 0.15) is 0 Å². The molecule has 2 aliphatic carbocycles. The van der Waals surface area contributed by atoms with E-state index in [1.807, 2.05) is 0 Å². The van der Waals surface area contributed by atoms with Gasteiger partial charge in [0.25, 0.3) is 0 Å². The van der Waals surface area contributed by atoms with Gasteiger partial charge in [0.2, 0.25) is 0 Å². The molecule has 2 unspecified atom stereocenters. The maximum atomic E-state index is 10.9.